The minimum Gasteiger partial charge on any atom is -0.497 e. The lowest BCUT2D eigenvalue weighted by Gasteiger charge is -2.13. The number of nitrogens with one attached hydrogen (secondary N) is 1. The van der Waals surface area contributed by atoms with Crippen molar-refractivity contribution >= 4 is 33.2 Å². The molecule has 5 heteroatoms. The zero-order valence-corrected chi connectivity index (χ0v) is 13.6. The Morgan fingerprint density at radius 2 is 1.90 bits per heavy atom. The Hall–Kier alpha value is -1.39. The molecule has 0 aliphatic heterocycles. The second kappa shape index (κ2) is 6.86. The fourth-order valence-electron chi connectivity index (χ4n) is 1.80. The van der Waals surface area contributed by atoms with Crippen LogP contribution in [0.25, 0.3) is 0 Å². The van der Waals surface area contributed by atoms with Crippen LogP contribution in [-0.2, 0) is 6.54 Å². The molecule has 0 bridgehead atoms. The van der Waals surface area contributed by atoms with Gasteiger partial charge in [-0.2, -0.15) is 0 Å². The van der Waals surface area contributed by atoms with Gasteiger partial charge in [-0.25, -0.2) is 0 Å². The van der Waals surface area contributed by atoms with Gasteiger partial charge in [0.25, 0.3) is 0 Å². The molecule has 0 radical (unpaired) electrons. The van der Waals surface area contributed by atoms with E-state index in [1.165, 1.54) is 0 Å². The van der Waals surface area contributed by atoms with Gasteiger partial charge in [-0.3, -0.25) is 0 Å². The van der Waals surface area contributed by atoms with Gasteiger partial charge in [-0.05, 0) is 29.8 Å². The first-order valence-electron chi connectivity index (χ1n) is 6.04. The topological polar surface area (TPSA) is 30.5 Å². The minimum absolute atomic E-state index is 0.620. The third kappa shape index (κ3) is 3.58. The van der Waals surface area contributed by atoms with Gasteiger partial charge in [0, 0.05) is 22.1 Å². The van der Waals surface area contributed by atoms with Gasteiger partial charge < -0.3 is 14.8 Å². The Balaban J connectivity index is 2.14. The molecule has 0 unspecified atom stereocenters. The van der Waals surface area contributed by atoms with Crippen molar-refractivity contribution in [1.29, 1.82) is 0 Å². The molecule has 2 rings (SSSR count). The molecule has 0 saturated carbocycles. The molecule has 0 amide bonds. The summed E-state index contributed by atoms with van der Waals surface area (Å²) in [6, 6.07) is 11.5. The summed E-state index contributed by atoms with van der Waals surface area (Å²) in [5.41, 5.74) is 1.92. The van der Waals surface area contributed by atoms with Crippen molar-refractivity contribution in [3.8, 4) is 11.5 Å². The Bertz CT molecular complexity index is 604. The maximum absolute atomic E-state index is 6.20. The maximum Gasteiger partial charge on any atom is 0.145 e. The number of anilines is 1. The normalized spacial score (nSPS) is 10.2. The van der Waals surface area contributed by atoms with Crippen LogP contribution in [-0.4, -0.2) is 14.2 Å². The first-order chi connectivity index (χ1) is 9.63. The van der Waals surface area contributed by atoms with Crippen LogP contribution in [0.3, 0.4) is 0 Å². The van der Waals surface area contributed by atoms with E-state index in [9.17, 15) is 0 Å². The van der Waals surface area contributed by atoms with Crippen molar-refractivity contribution in [3.63, 3.8) is 0 Å². The highest BCUT2D eigenvalue weighted by atomic mass is 79.9. The van der Waals surface area contributed by atoms with Crippen LogP contribution < -0.4 is 14.8 Å². The molecule has 0 heterocycles. The van der Waals surface area contributed by atoms with Gasteiger partial charge in [0.1, 0.15) is 11.5 Å². The van der Waals surface area contributed by atoms with Gasteiger partial charge in [0.05, 0.1) is 19.9 Å². The minimum atomic E-state index is 0.620. The van der Waals surface area contributed by atoms with Crippen molar-refractivity contribution in [2.45, 2.75) is 6.54 Å². The predicted molar refractivity (Wildman–Crippen MR) is 86.0 cm³/mol. The molecule has 0 saturated heterocycles. The largest absolute Gasteiger partial charge is 0.497 e. The van der Waals surface area contributed by atoms with E-state index >= 15 is 0 Å². The third-order valence-electron chi connectivity index (χ3n) is 2.89. The Morgan fingerprint density at radius 3 is 2.55 bits per heavy atom. The highest BCUT2D eigenvalue weighted by molar-refractivity contribution is 9.10. The summed E-state index contributed by atoms with van der Waals surface area (Å²) in [7, 11) is 3.26. The van der Waals surface area contributed by atoms with Gasteiger partial charge in [0.2, 0.25) is 0 Å². The third-order valence-corrected chi connectivity index (χ3v) is 3.74. The molecule has 2 aromatic rings. The van der Waals surface area contributed by atoms with Crippen molar-refractivity contribution in [1.82, 2.24) is 0 Å². The fraction of sp³-hybridized carbons (Fsp3) is 0.200. The standard InChI is InChI=1S/C15H15BrClNO2/c1-19-12-5-6-14(15(8-12)20-2)18-9-10-3-4-11(16)7-13(10)17/h3-8,18H,9H2,1-2H3. The Labute approximate surface area is 132 Å². The van der Waals surface area contributed by atoms with Crippen LogP contribution in [0.15, 0.2) is 40.9 Å². The molecule has 0 fully saturated rings. The smallest absolute Gasteiger partial charge is 0.145 e. The van der Waals surface area contributed by atoms with E-state index in [1.54, 1.807) is 14.2 Å². The first-order valence-corrected chi connectivity index (χ1v) is 7.21. The predicted octanol–water partition coefficient (Wildman–Crippen LogP) is 4.73. The zero-order valence-electron chi connectivity index (χ0n) is 11.2. The molecule has 0 atom stereocenters. The molecule has 106 valence electrons. The fourth-order valence-corrected chi connectivity index (χ4v) is 2.54. The van der Waals surface area contributed by atoms with E-state index in [1.807, 2.05) is 36.4 Å². The van der Waals surface area contributed by atoms with Gasteiger partial charge >= 0.3 is 0 Å². The monoisotopic (exact) mass is 355 g/mol. The number of hydrogen-bond acceptors (Lipinski definition) is 3. The van der Waals surface area contributed by atoms with Crippen molar-refractivity contribution < 1.29 is 9.47 Å². The molecular formula is C15H15BrClNO2. The van der Waals surface area contributed by atoms with Gasteiger partial charge in [0.15, 0.2) is 0 Å². The zero-order chi connectivity index (χ0) is 14.5. The van der Waals surface area contributed by atoms with Gasteiger partial charge in [-0.15, -0.1) is 0 Å². The summed E-state index contributed by atoms with van der Waals surface area (Å²) in [6.07, 6.45) is 0. The lowest BCUT2D eigenvalue weighted by molar-refractivity contribution is 0.395. The van der Waals surface area contributed by atoms with Crippen LogP contribution in [0.4, 0.5) is 5.69 Å². The van der Waals surface area contributed by atoms with E-state index in [0.717, 1.165) is 32.2 Å². The van der Waals surface area contributed by atoms with Crippen molar-refractivity contribution in [2.75, 3.05) is 19.5 Å². The average Bonchev–Trinajstić information content (AvgIpc) is 2.46. The number of methoxy groups -OCH3 is 2. The van der Waals surface area contributed by atoms with Crippen LogP contribution in [0.1, 0.15) is 5.56 Å². The second-order valence-electron chi connectivity index (χ2n) is 4.16. The SMILES string of the molecule is COc1ccc(NCc2ccc(Br)cc2Cl)c(OC)c1. The summed E-state index contributed by atoms with van der Waals surface area (Å²) in [5, 5.41) is 4.03. The van der Waals surface area contributed by atoms with Crippen LogP contribution in [0.2, 0.25) is 5.02 Å². The molecule has 3 nitrogen and oxygen atoms in total. The molecule has 0 spiro atoms. The summed E-state index contributed by atoms with van der Waals surface area (Å²) < 4.78 is 11.5. The molecule has 2 aromatic carbocycles. The summed E-state index contributed by atoms with van der Waals surface area (Å²) >= 11 is 9.59. The lowest BCUT2D eigenvalue weighted by atomic mass is 10.2. The average molecular weight is 357 g/mol. The first kappa shape index (κ1) is 15.0. The highest BCUT2D eigenvalue weighted by Crippen LogP contribution is 2.30. The van der Waals surface area contributed by atoms with Crippen molar-refractivity contribution in [2.24, 2.45) is 0 Å². The van der Waals surface area contributed by atoms with Crippen LogP contribution >= 0.6 is 27.5 Å². The van der Waals surface area contributed by atoms with E-state index < -0.39 is 0 Å². The van der Waals surface area contributed by atoms with Crippen LogP contribution in [0.5, 0.6) is 11.5 Å². The number of hydrogen-bond donors (Lipinski definition) is 1. The number of ether oxygens (including phenoxy) is 2. The Kier molecular flexibility index (Phi) is 5.15. The summed E-state index contributed by atoms with van der Waals surface area (Å²) in [6.45, 7) is 0.620. The quantitative estimate of drug-likeness (QED) is 0.840. The number of rotatable bonds is 5. The van der Waals surface area contributed by atoms with Crippen molar-refractivity contribution in [3.05, 3.63) is 51.5 Å². The second-order valence-corrected chi connectivity index (χ2v) is 5.48. The molecule has 0 aromatic heterocycles. The van der Waals surface area contributed by atoms with E-state index in [4.69, 9.17) is 21.1 Å². The number of halogens is 2. The maximum atomic E-state index is 6.20. The summed E-state index contributed by atoms with van der Waals surface area (Å²) in [5.74, 6) is 1.49. The molecular weight excluding hydrogens is 342 g/mol. The van der Waals surface area contributed by atoms with E-state index in [0.29, 0.717) is 6.54 Å². The van der Waals surface area contributed by atoms with Crippen LogP contribution in [0, 0.1) is 0 Å². The lowest BCUT2D eigenvalue weighted by Crippen LogP contribution is -2.02. The molecule has 0 aliphatic carbocycles. The highest BCUT2D eigenvalue weighted by Gasteiger charge is 2.06. The van der Waals surface area contributed by atoms with E-state index in [2.05, 4.69) is 21.2 Å². The Morgan fingerprint density at radius 1 is 1.10 bits per heavy atom. The van der Waals surface area contributed by atoms with E-state index in [-0.39, 0.29) is 0 Å². The molecule has 20 heavy (non-hydrogen) atoms. The molecule has 1 N–H and O–H groups in total. The summed E-state index contributed by atoms with van der Waals surface area (Å²) in [4.78, 5) is 0. The number of benzene rings is 2. The van der Waals surface area contributed by atoms with Gasteiger partial charge in [-0.1, -0.05) is 33.6 Å². The molecule has 0 aliphatic rings.